The summed E-state index contributed by atoms with van der Waals surface area (Å²) in [6, 6.07) is 7.46. The molecule has 1 nitrogen and oxygen atoms in total. The van der Waals surface area contributed by atoms with Gasteiger partial charge < -0.3 is 0 Å². The number of benzene rings is 1. The Bertz CT molecular complexity index is 487. The van der Waals surface area contributed by atoms with E-state index in [0.29, 0.717) is 12.0 Å². The first-order valence-electron chi connectivity index (χ1n) is 5.99. The minimum atomic E-state index is -4.35. The summed E-state index contributed by atoms with van der Waals surface area (Å²) in [5.74, 6) is 0.103. The highest BCUT2D eigenvalue weighted by atomic mass is 19.4. The fourth-order valence-electron chi connectivity index (χ4n) is 2.81. The second kappa shape index (κ2) is 4.31. The molecule has 1 saturated carbocycles. The number of hydrogen-bond donors (Lipinski definition) is 0. The van der Waals surface area contributed by atoms with E-state index >= 15 is 0 Å². The first-order valence-corrected chi connectivity index (χ1v) is 5.99. The van der Waals surface area contributed by atoms with Crippen molar-refractivity contribution < 1.29 is 13.2 Å². The molecule has 0 heterocycles. The van der Waals surface area contributed by atoms with Gasteiger partial charge in [-0.3, -0.25) is 0 Å². The Morgan fingerprint density at radius 1 is 1.39 bits per heavy atom. The number of halogens is 3. The van der Waals surface area contributed by atoms with Gasteiger partial charge in [0.05, 0.1) is 17.0 Å². The molecule has 96 valence electrons. The van der Waals surface area contributed by atoms with E-state index in [2.05, 4.69) is 6.07 Å². The third kappa shape index (κ3) is 1.98. The van der Waals surface area contributed by atoms with Gasteiger partial charge in [0.2, 0.25) is 0 Å². The molecule has 0 N–H and O–H groups in total. The maximum absolute atomic E-state index is 12.7. The monoisotopic (exact) mass is 253 g/mol. The van der Waals surface area contributed by atoms with Crippen molar-refractivity contribution >= 4 is 0 Å². The summed E-state index contributed by atoms with van der Waals surface area (Å²) in [4.78, 5) is 0. The van der Waals surface area contributed by atoms with Gasteiger partial charge in [0.1, 0.15) is 0 Å². The van der Waals surface area contributed by atoms with Crippen molar-refractivity contribution in [2.75, 3.05) is 0 Å². The van der Waals surface area contributed by atoms with E-state index in [1.54, 1.807) is 6.07 Å². The van der Waals surface area contributed by atoms with Crippen LogP contribution in [-0.2, 0) is 11.6 Å². The molecule has 0 aliphatic heterocycles. The van der Waals surface area contributed by atoms with E-state index in [9.17, 15) is 18.4 Å². The average molecular weight is 253 g/mol. The van der Waals surface area contributed by atoms with Gasteiger partial charge in [-0.15, -0.1) is 0 Å². The summed E-state index contributed by atoms with van der Waals surface area (Å²) in [5.41, 5.74) is -0.917. The van der Waals surface area contributed by atoms with Crippen molar-refractivity contribution in [3.63, 3.8) is 0 Å². The van der Waals surface area contributed by atoms with Gasteiger partial charge >= 0.3 is 6.18 Å². The molecule has 2 atom stereocenters. The van der Waals surface area contributed by atoms with Crippen LogP contribution in [0.25, 0.3) is 0 Å². The third-order valence-corrected chi connectivity index (χ3v) is 3.95. The Hall–Kier alpha value is -1.50. The Morgan fingerprint density at radius 3 is 2.61 bits per heavy atom. The number of rotatable bonds is 1. The smallest absolute Gasteiger partial charge is 0.197 e. The second-order valence-electron chi connectivity index (χ2n) is 4.95. The van der Waals surface area contributed by atoms with Crippen LogP contribution in [0.1, 0.15) is 37.3 Å². The molecule has 0 amide bonds. The molecule has 2 unspecified atom stereocenters. The summed E-state index contributed by atoms with van der Waals surface area (Å²) in [6.07, 6.45) is -1.92. The predicted molar refractivity (Wildman–Crippen MR) is 61.8 cm³/mol. The lowest BCUT2D eigenvalue weighted by Gasteiger charge is -2.27. The normalized spacial score (nSPS) is 28.1. The Labute approximate surface area is 104 Å². The third-order valence-electron chi connectivity index (χ3n) is 3.95. The summed E-state index contributed by atoms with van der Waals surface area (Å²) < 4.78 is 38.1. The van der Waals surface area contributed by atoms with Crippen LogP contribution in [0.2, 0.25) is 0 Å². The molecule has 0 spiro atoms. The lowest BCUT2D eigenvalue weighted by atomic mass is 9.74. The van der Waals surface area contributed by atoms with E-state index in [1.165, 1.54) is 6.07 Å². The second-order valence-corrected chi connectivity index (χ2v) is 4.95. The molecule has 1 aliphatic rings. The highest BCUT2D eigenvalue weighted by molar-refractivity contribution is 5.38. The molecule has 1 fully saturated rings. The van der Waals surface area contributed by atoms with Gasteiger partial charge in [-0.2, -0.15) is 18.4 Å². The maximum Gasteiger partial charge on any atom is 0.416 e. The predicted octanol–water partition coefficient (Wildman–Crippen LogP) is 4.29. The zero-order valence-corrected chi connectivity index (χ0v) is 10.1. The summed E-state index contributed by atoms with van der Waals surface area (Å²) >= 11 is 0. The van der Waals surface area contributed by atoms with Crippen LogP contribution in [0, 0.1) is 17.2 Å². The molecule has 4 heteroatoms. The molecule has 0 aromatic heterocycles. The average Bonchev–Trinajstić information content (AvgIpc) is 2.71. The zero-order chi connectivity index (χ0) is 13.4. The van der Waals surface area contributed by atoms with E-state index in [0.717, 1.165) is 25.0 Å². The van der Waals surface area contributed by atoms with Crippen LogP contribution in [0.15, 0.2) is 24.3 Å². The van der Waals surface area contributed by atoms with Crippen LogP contribution in [0.5, 0.6) is 0 Å². The van der Waals surface area contributed by atoms with Crippen LogP contribution in [0.4, 0.5) is 13.2 Å². The van der Waals surface area contributed by atoms with Gasteiger partial charge in [-0.25, -0.2) is 0 Å². The van der Waals surface area contributed by atoms with Crippen molar-refractivity contribution in [1.82, 2.24) is 0 Å². The maximum atomic E-state index is 12.7. The number of hydrogen-bond acceptors (Lipinski definition) is 1. The lowest BCUT2D eigenvalue weighted by molar-refractivity contribution is -0.137. The van der Waals surface area contributed by atoms with Crippen LogP contribution in [-0.4, -0.2) is 0 Å². The van der Waals surface area contributed by atoms with Gasteiger partial charge in [0.15, 0.2) is 0 Å². The van der Waals surface area contributed by atoms with Crippen molar-refractivity contribution in [1.29, 1.82) is 5.26 Å². The van der Waals surface area contributed by atoms with E-state index in [1.807, 2.05) is 6.92 Å². The molecule has 1 aromatic carbocycles. The molecule has 0 radical (unpaired) electrons. The summed E-state index contributed by atoms with van der Waals surface area (Å²) in [7, 11) is 0. The van der Waals surface area contributed by atoms with Gasteiger partial charge in [0.25, 0.3) is 0 Å². The SMILES string of the molecule is CC1CCCC1(C#N)c1cccc(C(F)(F)F)c1. The van der Waals surface area contributed by atoms with E-state index in [-0.39, 0.29) is 5.92 Å². The van der Waals surface area contributed by atoms with Gasteiger partial charge in [-0.1, -0.05) is 31.5 Å². The van der Waals surface area contributed by atoms with Crippen LogP contribution < -0.4 is 0 Å². The topological polar surface area (TPSA) is 23.8 Å². The quantitative estimate of drug-likeness (QED) is 0.732. The summed E-state index contributed by atoms with van der Waals surface area (Å²) in [5, 5.41) is 9.40. The van der Waals surface area contributed by atoms with E-state index in [4.69, 9.17) is 0 Å². The number of alkyl halides is 3. The fourth-order valence-corrected chi connectivity index (χ4v) is 2.81. The minimum absolute atomic E-state index is 0.103. The van der Waals surface area contributed by atoms with Crippen molar-refractivity contribution in [3.8, 4) is 6.07 Å². The summed E-state index contributed by atoms with van der Waals surface area (Å²) in [6.45, 7) is 1.94. The van der Waals surface area contributed by atoms with Crippen molar-refractivity contribution in [3.05, 3.63) is 35.4 Å². The molecule has 1 aromatic rings. The lowest BCUT2D eigenvalue weighted by Crippen LogP contribution is -2.27. The number of nitriles is 1. The van der Waals surface area contributed by atoms with Gasteiger partial charge in [0, 0.05) is 0 Å². The van der Waals surface area contributed by atoms with Crippen LogP contribution in [0.3, 0.4) is 0 Å². The molecule has 2 rings (SSSR count). The largest absolute Gasteiger partial charge is 0.416 e. The molecule has 0 saturated heterocycles. The molecular weight excluding hydrogens is 239 g/mol. The van der Waals surface area contributed by atoms with E-state index < -0.39 is 17.2 Å². The molecule has 1 aliphatic carbocycles. The first-order chi connectivity index (χ1) is 8.40. The number of nitrogens with zero attached hydrogens (tertiary/aromatic N) is 1. The molecular formula is C14H14F3N. The Balaban J connectivity index is 2.48. The minimum Gasteiger partial charge on any atom is -0.197 e. The Kier molecular flexibility index (Phi) is 3.10. The van der Waals surface area contributed by atoms with Crippen molar-refractivity contribution in [2.24, 2.45) is 5.92 Å². The standard InChI is InChI=1S/C14H14F3N/c1-10-4-3-7-13(10,9-18)11-5-2-6-12(8-11)14(15,16)17/h2,5-6,8,10H,3-4,7H2,1H3. The first kappa shape index (κ1) is 12.9. The fraction of sp³-hybridized carbons (Fsp3) is 0.500. The highest BCUT2D eigenvalue weighted by Gasteiger charge is 2.43. The molecule has 18 heavy (non-hydrogen) atoms. The Morgan fingerprint density at radius 2 is 2.11 bits per heavy atom. The zero-order valence-electron chi connectivity index (χ0n) is 10.1. The van der Waals surface area contributed by atoms with Crippen LogP contribution >= 0.6 is 0 Å². The highest BCUT2D eigenvalue weighted by Crippen LogP contribution is 2.46. The van der Waals surface area contributed by atoms with Gasteiger partial charge in [-0.05, 0) is 30.4 Å². The molecule has 0 bridgehead atoms. The van der Waals surface area contributed by atoms with Crippen molar-refractivity contribution in [2.45, 2.75) is 37.8 Å².